The fraction of sp³-hybridized carbons (Fsp3) is 0.158. The van der Waals surface area contributed by atoms with E-state index in [9.17, 15) is 4.79 Å². The van der Waals surface area contributed by atoms with Crippen LogP contribution in [0.1, 0.15) is 5.56 Å². The average molecular weight is 370 g/mol. The van der Waals surface area contributed by atoms with E-state index in [4.69, 9.17) is 21.1 Å². The smallest absolute Gasteiger partial charge is 0.270 e. The van der Waals surface area contributed by atoms with Crippen molar-refractivity contribution in [1.82, 2.24) is 9.78 Å². The van der Waals surface area contributed by atoms with Crippen LogP contribution < -0.4 is 14.8 Å². The number of benzene rings is 2. The van der Waals surface area contributed by atoms with Crippen molar-refractivity contribution in [2.75, 3.05) is 11.9 Å². The summed E-state index contributed by atoms with van der Waals surface area (Å²) < 4.78 is 13.0. The summed E-state index contributed by atoms with van der Waals surface area (Å²) in [6.45, 7) is 0.679. The molecule has 1 atom stereocenters. The van der Waals surface area contributed by atoms with Crippen molar-refractivity contribution >= 4 is 23.3 Å². The molecule has 1 aromatic heterocycles. The molecule has 0 fully saturated rings. The molecule has 2 aromatic carbocycles. The van der Waals surface area contributed by atoms with Crippen LogP contribution in [-0.2, 0) is 11.3 Å². The minimum atomic E-state index is -0.719. The van der Waals surface area contributed by atoms with Crippen LogP contribution in [0.3, 0.4) is 0 Å². The van der Waals surface area contributed by atoms with Gasteiger partial charge in [0.15, 0.2) is 11.5 Å². The van der Waals surface area contributed by atoms with Crippen molar-refractivity contribution in [3.8, 4) is 11.5 Å². The maximum absolute atomic E-state index is 12.5. The highest BCUT2D eigenvalue weighted by Crippen LogP contribution is 2.31. The molecule has 132 valence electrons. The number of carbonyl (C=O) groups is 1. The zero-order valence-electron chi connectivity index (χ0n) is 13.8. The Bertz CT molecular complexity index is 924. The summed E-state index contributed by atoms with van der Waals surface area (Å²) >= 11 is 5.91. The third-order valence-electron chi connectivity index (χ3n) is 4.01. The topological polar surface area (TPSA) is 65.4 Å². The SMILES string of the molecule is O=C(Nc1ccnn1Cc1ccc(Cl)cc1)[C@H]1COc2ccccc2O1. The highest BCUT2D eigenvalue weighted by molar-refractivity contribution is 6.30. The monoisotopic (exact) mass is 369 g/mol. The molecule has 0 aliphatic carbocycles. The van der Waals surface area contributed by atoms with E-state index in [0.717, 1.165) is 5.56 Å². The van der Waals surface area contributed by atoms with E-state index in [1.807, 2.05) is 42.5 Å². The summed E-state index contributed by atoms with van der Waals surface area (Å²) in [6, 6.07) is 16.5. The fourth-order valence-corrected chi connectivity index (χ4v) is 2.81. The standard InChI is InChI=1S/C19H16ClN3O3/c20-14-7-5-13(6-8-14)11-23-18(9-10-21-23)22-19(24)17-12-25-15-3-1-2-4-16(15)26-17/h1-10,17H,11-12H2,(H,22,24)/t17-/m1/s1. The number of nitrogens with zero attached hydrogens (tertiary/aromatic N) is 2. The van der Waals surface area contributed by atoms with Gasteiger partial charge in [-0.2, -0.15) is 5.10 Å². The van der Waals surface area contributed by atoms with Gasteiger partial charge in [-0.05, 0) is 29.8 Å². The van der Waals surface area contributed by atoms with Gasteiger partial charge in [0.2, 0.25) is 6.10 Å². The lowest BCUT2D eigenvalue weighted by Crippen LogP contribution is -2.40. The molecule has 0 bridgehead atoms. The van der Waals surface area contributed by atoms with Crippen LogP contribution >= 0.6 is 11.6 Å². The predicted octanol–water partition coefficient (Wildman–Crippen LogP) is 3.36. The van der Waals surface area contributed by atoms with Gasteiger partial charge in [0, 0.05) is 11.1 Å². The number of para-hydroxylation sites is 2. The number of anilines is 1. The molecule has 2 heterocycles. The van der Waals surface area contributed by atoms with Crippen molar-refractivity contribution in [3.05, 3.63) is 71.4 Å². The summed E-state index contributed by atoms with van der Waals surface area (Å²) in [7, 11) is 0. The van der Waals surface area contributed by atoms with Gasteiger partial charge < -0.3 is 14.8 Å². The van der Waals surface area contributed by atoms with Gasteiger partial charge in [-0.3, -0.25) is 4.79 Å². The summed E-state index contributed by atoms with van der Waals surface area (Å²) in [6.07, 6.45) is 0.919. The second kappa shape index (κ2) is 7.09. The molecule has 6 nitrogen and oxygen atoms in total. The summed E-state index contributed by atoms with van der Waals surface area (Å²) in [5, 5.41) is 7.80. The molecule has 1 N–H and O–H groups in total. The Kier molecular flexibility index (Phi) is 4.50. The van der Waals surface area contributed by atoms with Crippen LogP contribution in [0.15, 0.2) is 60.8 Å². The van der Waals surface area contributed by atoms with Gasteiger partial charge in [0.05, 0.1) is 12.7 Å². The van der Waals surface area contributed by atoms with Crippen LogP contribution in [0.2, 0.25) is 5.02 Å². The van der Waals surface area contributed by atoms with Gasteiger partial charge >= 0.3 is 0 Å². The minimum Gasteiger partial charge on any atom is -0.485 e. The zero-order chi connectivity index (χ0) is 17.9. The van der Waals surface area contributed by atoms with Crippen molar-refractivity contribution in [2.45, 2.75) is 12.6 Å². The summed E-state index contributed by atoms with van der Waals surface area (Å²) in [5.41, 5.74) is 1.03. The van der Waals surface area contributed by atoms with E-state index in [1.165, 1.54) is 0 Å². The largest absolute Gasteiger partial charge is 0.485 e. The number of aromatic nitrogens is 2. The van der Waals surface area contributed by atoms with Gasteiger partial charge in [-0.25, -0.2) is 4.68 Å². The first-order valence-corrected chi connectivity index (χ1v) is 8.52. The van der Waals surface area contributed by atoms with Crippen LogP contribution in [0.5, 0.6) is 11.5 Å². The number of halogens is 1. The number of amides is 1. The van der Waals surface area contributed by atoms with E-state index in [1.54, 1.807) is 23.0 Å². The molecule has 1 amide bonds. The third kappa shape index (κ3) is 3.50. The second-order valence-corrected chi connectivity index (χ2v) is 6.29. The van der Waals surface area contributed by atoms with Gasteiger partial charge in [-0.15, -0.1) is 0 Å². The molecule has 4 rings (SSSR count). The number of rotatable bonds is 4. The summed E-state index contributed by atoms with van der Waals surface area (Å²) in [5.74, 6) is 1.52. The van der Waals surface area contributed by atoms with Crippen molar-refractivity contribution in [3.63, 3.8) is 0 Å². The highest BCUT2D eigenvalue weighted by Gasteiger charge is 2.27. The molecule has 0 radical (unpaired) electrons. The highest BCUT2D eigenvalue weighted by atomic mass is 35.5. The molecule has 0 spiro atoms. The zero-order valence-corrected chi connectivity index (χ0v) is 14.5. The van der Waals surface area contributed by atoms with Crippen LogP contribution in [0, 0.1) is 0 Å². The fourth-order valence-electron chi connectivity index (χ4n) is 2.68. The Morgan fingerprint density at radius 1 is 1.15 bits per heavy atom. The van der Waals surface area contributed by atoms with E-state index in [2.05, 4.69) is 10.4 Å². The lowest BCUT2D eigenvalue weighted by atomic mass is 10.2. The molecule has 0 saturated heterocycles. The first-order valence-electron chi connectivity index (χ1n) is 8.14. The Balaban J connectivity index is 1.44. The maximum Gasteiger partial charge on any atom is 0.270 e. The molecule has 1 aliphatic heterocycles. The Morgan fingerprint density at radius 3 is 2.73 bits per heavy atom. The second-order valence-electron chi connectivity index (χ2n) is 5.85. The van der Waals surface area contributed by atoms with Crippen molar-refractivity contribution < 1.29 is 14.3 Å². The number of fused-ring (bicyclic) bond motifs is 1. The third-order valence-corrected chi connectivity index (χ3v) is 4.27. The first kappa shape index (κ1) is 16.5. The number of hydrogen-bond acceptors (Lipinski definition) is 4. The number of nitrogens with one attached hydrogen (secondary N) is 1. The van der Waals surface area contributed by atoms with E-state index in [-0.39, 0.29) is 12.5 Å². The van der Waals surface area contributed by atoms with Crippen LogP contribution in [-0.4, -0.2) is 28.4 Å². The quantitative estimate of drug-likeness (QED) is 0.765. The van der Waals surface area contributed by atoms with Crippen molar-refractivity contribution in [2.24, 2.45) is 0 Å². The molecular weight excluding hydrogens is 354 g/mol. The molecule has 0 saturated carbocycles. The number of hydrogen-bond donors (Lipinski definition) is 1. The van der Waals surface area contributed by atoms with Gasteiger partial charge in [-0.1, -0.05) is 35.9 Å². The van der Waals surface area contributed by atoms with Crippen LogP contribution in [0.25, 0.3) is 0 Å². The Labute approximate surface area is 155 Å². The lowest BCUT2D eigenvalue weighted by molar-refractivity contribution is -0.125. The van der Waals surface area contributed by atoms with E-state index in [0.29, 0.717) is 28.9 Å². The lowest BCUT2D eigenvalue weighted by Gasteiger charge is -2.25. The Hall–Kier alpha value is -2.99. The molecule has 0 unspecified atom stereocenters. The first-order chi connectivity index (χ1) is 12.7. The van der Waals surface area contributed by atoms with Crippen molar-refractivity contribution in [1.29, 1.82) is 0 Å². The molecule has 3 aromatic rings. The average Bonchev–Trinajstić information content (AvgIpc) is 3.10. The Morgan fingerprint density at radius 2 is 1.92 bits per heavy atom. The van der Waals surface area contributed by atoms with E-state index >= 15 is 0 Å². The van der Waals surface area contributed by atoms with Gasteiger partial charge in [0.1, 0.15) is 12.4 Å². The number of carbonyl (C=O) groups excluding carboxylic acids is 1. The van der Waals surface area contributed by atoms with E-state index < -0.39 is 6.10 Å². The minimum absolute atomic E-state index is 0.161. The normalized spacial score (nSPS) is 15.5. The molecular formula is C19H16ClN3O3. The molecule has 26 heavy (non-hydrogen) atoms. The maximum atomic E-state index is 12.5. The van der Waals surface area contributed by atoms with Crippen LogP contribution in [0.4, 0.5) is 5.82 Å². The summed E-state index contributed by atoms with van der Waals surface area (Å²) in [4.78, 5) is 12.5. The predicted molar refractivity (Wildman–Crippen MR) is 97.8 cm³/mol. The molecule has 7 heteroatoms. The van der Waals surface area contributed by atoms with Gasteiger partial charge in [0.25, 0.3) is 5.91 Å². The number of ether oxygens (including phenoxy) is 2. The molecule has 1 aliphatic rings.